The summed E-state index contributed by atoms with van der Waals surface area (Å²) in [5, 5.41) is 6.60. The first-order chi connectivity index (χ1) is 11.9. The van der Waals surface area contributed by atoms with Crippen LogP contribution in [0, 0.1) is 5.92 Å². The van der Waals surface area contributed by atoms with Crippen molar-refractivity contribution in [3.63, 3.8) is 0 Å². The molecule has 1 amide bonds. The number of nitrogens with zero attached hydrogens (tertiary/aromatic N) is 2. The number of carbonyl (C=O) groups is 1. The van der Waals surface area contributed by atoms with E-state index in [1.165, 1.54) is 5.56 Å². The van der Waals surface area contributed by atoms with Crippen molar-refractivity contribution in [1.29, 1.82) is 0 Å². The largest absolute Gasteiger partial charge is 0.497 e. The third kappa shape index (κ3) is 10.5. The zero-order chi connectivity index (χ0) is 18.7. The topological polar surface area (TPSA) is 66.0 Å². The van der Waals surface area contributed by atoms with Crippen molar-refractivity contribution < 1.29 is 9.53 Å². The lowest BCUT2D eigenvalue weighted by molar-refractivity contribution is -0.127. The molecule has 6 nitrogen and oxygen atoms in total. The van der Waals surface area contributed by atoms with Crippen molar-refractivity contribution in [3.05, 3.63) is 29.8 Å². The minimum Gasteiger partial charge on any atom is -0.497 e. The van der Waals surface area contributed by atoms with Gasteiger partial charge in [-0.2, -0.15) is 0 Å². The summed E-state index contributed by atoms with van der Waals surface area (Å²) < 4.78 is 5.17. The molecule has 0 aliphatic carbocycles. The van der Waals surface area contributed by atoms with E-state index in [-0.39, 0.29) is 36.4 Å². The molecule has 0 spiro atoms. The number of rotatable bonds is 9. The van der Waals surface area contributed by atoms with Gasteiger partial charge in [0.1, 0.15) is 12.3 Å². The Balaban J connectivity index is 0.00000625. The highest BCUT2D eigenvalue weighted by atomic mass is 127. The number of likely N-dealkylation sites (N-methyl/N-ethyl adjacent to an activating group) is 1. The molecule has 7 heteroatoms. The van der Waals surface area contributed by atoms with Crippen LogP contribution in [0.5, 0.6) is 5.75 Å². The van der Waals surface area contributed by atoms with Gasteiger partial charge in [-0.15, -0.1) is 24.0 Å². The third-order valence-corrected chi connectivity index (χ3v) is 3.75. The van der Waals surface area contributed by atoms with E-state index in [0.717, 1.165) is 31.7 Å². The van der Waals surface area contributed by atoms with Crippen molar-refractivity contribution in [2.24, 2.45) is 10.9 Å². The van der Waals surface area contributed by atoms with Crippen LogP contribution in [0.3, 0.4) is 0 Å². The van der Waals surface area contributed by atoms with Gasteiger partial charge in [0.05, 0.1) is 7.11 Å². The number of hydrogen-bond acceptors (Lipinski definition) is 3. The Kier molecular flexibility index (Phi) is 12.9. The average molecular weight is 476 g/mol. The summed E-state index contributed by atoms with van der Waals surface area (Å²) in [5.74, 6) is 2.15. The SMILES string of the molecule is COc1ccc(CCNC(=NCC(=O)N(C)C)NCCC(C)C)cc1.I. The minimum atomic E-state index is -0.0138. The molecular formula is C19H33IN4O2. The molecule has 2 N–H and O–H groups in total. The molecule has 0 atom stereocenters. The Bertz CT molecular complexity index is 545. The summed E-state index contributed by atoms with van der Waals surface area (Å²) in [6.45, 7) is 6.10. The van der Waals surface area contributed by atoms with Gasteiger partial charge >= 0.3 is 0 Å². The molecule has 0 bridgehead atoms. The van der Waals surface area contributed by atoms with Crippen molar-refractivity contribution in [2.75, 3.05) is 40.8 Å². The zero-order valence-corrected chi connectivity index (χ0v) is 18.9. The van der Waals surface area contributed by atoms with Gasteiger partial charge in [0, 0.05) is 27.2 Å². The van der Waals surface area contributed by atoms with E-state index in [1.54, 1.807) is 26.1 Å². The van der Waals surface area contributed by atoms with Gasteiger partial charge in [0.15, 0.2) is 5.96 Å². The molecule has 148 valence electrons. The van der Waals surface area contributed by atoms with Crippen LogP contribution in [0.1, 0.15) is 25.8 Å². The number of ether oxygens (including phenoxy) is 1. The van der Waals surface area contributed by atoms with E-state index < -0.39 is 0 Å². The predicted octanol–water partition coefficient (Wildman–Crippen LogP) is 2.53. The van der Waals surface area contributed by atoms with Crippen molar-refractivity contribution >= 4 is 35.8 Å². The lowest BCUT2D eigenvalue weighted by atomic mass is 10.1. The number of hydrogen-bond donors (Lipinski definition) is 2. The highest BCUT2D eigenvalue weighted by Crippen LogP contribution is 2.11. The Labute approximate surface area is 174 Å². The van der Waals surface area contributed by atoms with Crippen LogP contribution in [0.2, 0.25) is 0 Å². The first-order valence-corrected chi connectivity index (χ1v) is 8.77. The van der Waals surface area contributed by atoms with Crippen LogP contribution >= 0.6 is 24.0 Å². The van der Waals surface area contributed by atoms with Crippen LogP contribution in [-0.2, 0) is 11.2 Å². The molecular weight excluding hydrogens is 443 g/mol. The van der Waals surface area contributed by atoms with E-state index in [4.69, 9.17) is 4.74 Å². The van der Waals surface area contributed by atoms with Crippen molar-refractivity contribution in [1.82, 2.24) is 15.5 Å². The summed E-state index contributed by atoms with van der Waals surface area (Å²) in [6.07, 6.45) is 1.93. The monoisotopic (exact) mass is 476 g/mol. The number of guanidine groups is 1. The predicted molar refractivity (Wildman–Crippen MR) is 119 cm³/mol. The first-order valence-electron chi connectivity index (χ1n) is 8.77. The van der Waals surface area contributed by atoms with E-state index in [9.17, 15) is 4.79 Å². The smallest absolute Gasteiger partial charge is 0.243 e. The summed E-state index contributed by atoms with van der Waals surface area (Å²) in [7, 11) is 5.14. The molecule has 26 heavy (non-hydrogen) atoms. The highest BCUT2D eigenvalue weighted by molar-refractivity contribution is 14.0. The Morgan fingerprint density at radius 2 is 1.77 bits per heavy atom. The molecule has 1 aromatic carbocycles. The molecule has 1 aromatic rings. The standard InChI is InChI=1S/C19H32N4O2.HI/c1-15(2)10-12-20-19(22-14-18(24)23(3)4)21-13-11-16-6-8-17(25-5)9-7-16;/h6-9,15H,10-14H2,1-5H3,(H2,20,21,22);1H. The van der Waals surface area contributed by atoms with Gasteiger partial charge in [-0.05, 0) is 36.5 Å². The van der Waals surface area contributed by atoms with Crippen LogP contribution in [0.25, 0.3) is 0 Å². The normalized spacial score (nSPS) is 10.9. The Morgan fingerprint density at radius 1 is 1.15 bits per heavy atom. The molecule has 0 aromatic heterocycles. The van der Waals surface area contributed by atoms with E-state index in [2.05, 4.69) is 41.6 Å². The molecule has 0 radical (unpaired) electrons. The van der Waals surface area contributed by atoms with Crippen LogP contribution in [0.4, 0.5) is 0 Å². The first kappa shape index (κ1) is 24.5. The van der Waals surface area contributed by atoms with Crippen LogP contribution in [0.15, 0.2) is 29.3 Å². The maximum Gasteiger partial charge on any atom is 0.243 e. The second kappa shape index (κ2) is 13.7. The second-order valence-corrected chi connectivity index (χ2v) is 6.59. The fourth-order valence-electron chi connectivity index (χ4n) is 2.06. The van der Waals surface area contributed by atoms with Gasteiger partial charge in [-0.3, -0.25) is 4.79 Å². The van der Waals surface area contributed by atoms with Gasteiger partial charge in [0.2, 0.25) is 5.91 Å². The number of methoxy groups -OCH3 is 1. The molecule has 0 aliphatic rings. The third-order valence-electron chi connectivity index (χ3n) is 3.75. The number of benzene rings is 1. The molecule has 0 heterocycles. The summed E-state index contributed by atoms with van der Waals surface area (Å²) in [4.78, 5) is 17.7. The van der Waals surface area contributed by atoms with Gasteiger partial charge < -0.3 is 20.3 Å². The van der Waals surface area contributed by atoms with Gasteiger partial charge in [-0.1, -0.05) is 26.0 Å². The summed E-state index contributed by atoms with van der Waals surface area (Å²) in [5.41, 5.74) is 1.22. The fraction of sp³-hybridized carbons (Fsp3) is 0.579. The van der Waals surface area contributed by atoms with Crippen LogP contribution < -0.4 is 15.4 Å². The Hall–Kier alpha value is -1.51. The van der Waals surface area contributed by atoms with Crippen molar-refractivity contribution in [3.8, 4) is 5.75 Å². The summed E-state index contributed by atoms with van der Waals surface area (Å²) >= 11 is 0. The highest BCUT2D eigenvalue weighted by Gasteiger charge is 2.05. The van der Waals surface area contributed by atoms with E-state index in [0.29, 0.717) is 11.9 Å². The van der Waals surface area contributed by atoms with Crippen LogP contribution in [-0.4, -0.2) is 57.6 Å². The summed E-state index contributed by atoms with van der Waals surface area (Å²) in [6, 6.07) is 8.03. The maximum absolute atomic E-state index is 11.7. The average Bonchev–Trinajstić information content (AvgIpc) is 2.59. The van der Waals surface area contributed by atoms with Crippen molar-refractivity contribution in [2.45, 2.75) is 26.7 Å². The second-order valence-electron chi connectivity index (χ2n) is 6.59. The van der Waals surface area contributed by atoms with Gasteiger partial charge in [-0.25, -0.2) is 4.99 Å². The van der Waals surface area contributed by atoms with Gasteiger partial charge in [0.25, 0.3) is 0 Å². The molecule has 0 saturated heterocycles. The molecule has 1 rings (SSSR count). The lowest BCUT2D eigenvalue weighted by Crippen LogP contribution is -2.40. The number of nitrogens with one attached hydrogen (secondary N) is 2. The quantitative estimate of drug-likeness (QED) is 0.327. The molecule has 0 aliphatic heterocycles. The fourth-order valence-corrected chi connectivity index (χ4v) is 2.06. The molecule has 0 fully saturated rings. The number of aliphatic imine (C=N–C) groups is 1. The van der Waals surface area contributed by atoms with E-state index in [1.807, 2.05) is 12.1 Å². The minimum absolute atomic E-state index is 0. The van der Waals surface area contributed by atoms with E-state index >= 15 is 0 Å². The maximum atomic E-state index is 11.7. The number of halogens is 1. The number of carbonyl (C=O) groups excluding carboxylic acids is 1. The molecule has 0 saturated carbocycles. The lowest BCUT2D eigenvalue weighted by Gasteiger charge is -2.14. The number of amides is 1. The molecule has 0 unspecified atom stereocenters. The zero-order valence-electron chi connectivity index (χ0n) is 16.5. The Morgan fingerprint density at radius 3 is 2.31 bits per heavy atom.